The van der Waals surface area contributed by atoms with Crippen molar-refractivity contribution in [3.63, 3.8) is 0 Å². The second-order valence-corrected chi connectivity index (χ2v) is 3.10. The van der Waals surface area contributed by atoms with Crippen molar-refractivity contribution in [1.82, 2.24) is 10.3 Å². The number of halogens is 2. The molecule has 0 bridgehead atoms. The average Bonchev–Trinajstić information content (AvgIpc) is 2.18. The summed E-state index contributed by atoms with van der Waals surface area (Å²) in [6.07, 6.45) is 1.04. The second-order valence-electron chi connectivity index (χ2n) is 3.10. The number of nitrogens with zero attached hydrogens (tertiary/aromatic N) is 1. The van der Waals surface area contributed by atoms with Crippen molar-refractivity contribution in [2.75, 3.05) is 6.54 Å². The molecule has 1 amide bonds. The average molecular weight is 212 g/mol. The molecule has 1 aromatic rings. The lowest BCUT2D eigenvalue weighted by atomic mass is 10.2. The molecule has 3 nitrogen and oxygen atoms in total. The van der Waals surface area contributed by atoms with Crippen LogP contribution in [-0.4, -0.2) is 17.4 Å². The summed E-state index contributed by atoms with van der Waals surface area (Å²) in [5, 5.41) is 2.39. The van der Waals surface area contributed by atoms with Gasteiger partial charge in [-0.05, 0) is 13.0 Å². The van der Waals surface area contributed by atoms with Gasteiger partial charge in [0.1, 0.15) is 0 Å². The van der Waals surface area contributed by atoms with Gasteiger partial charge in [0.15, 0.2) is 5.82 Å². The lowest BCUT2D eigenvalue weighted by Crippen LogP contribution is -2.26. The number of carbonyl (C=O) groups excluding carboxylic acids is 1. The molecule has 0 fully saturated rings. The molecule has 0 aliphatic heterocycles. The maximum absolute atomic E-state index is 13.1. The van der Waals surface area contributed by atoms with Crippen LogP contribution in [0.25, 0.3) is 0 Å². The molecular formula is C10H10F2N2O. The molecule has 0 spiro atoms. The van der Waals surface area contributed by atoms with Crippen molar-refractivity contribution in [2.45, 2.75) is 6.92 Å². The highest BCUT2D eigenvalue weighted by molar-refractivity contribution is 5.94. The molecule has 1 heterocycles. The molecule has 0 atom stereocenters. The Bertz CT molecular complexity index is 404. The summed E-state index contributed by atoms with van der Waals surface area (Å²) in [5.74, 6) is -3.20. The van der Waals surface area contributed by atoms with E-state index >= 15 is 0 Å². The zero-order valence-electron chi connectivity index (χ0n) is 8.18. The standard InChI is InChI=1S/C10H10F2N2O/c1-6(2)5-14-10(15)7-3-4-13-9(12)8(7)11/h3-4H,1,5H2,2H3,(H,14,15). The van der Waals surface area contributed by atoms with Crippen LogP contribution >= 0.6 is 0 Å². The Morgan fingerprint density at radius 1 is 1.60 bits per heavy atom. The Labute approximate surface area is 85.8 Å². The van der Waals surface area contributed by atoms with Gasteiger partial charge in [-0.15, -0.1) is 0 Å². The van der Waals surface area contributed by atoms with Crippen molar-refractivity contribution in [2.24, 2.45) is 0 Å². The monoisotopic (exact) mass is 212 g/mol. The molecule has 80 valence electrons. The number of pyridine rings is 1. The number of amides is 1. The van der Waals surface area contributed by atoms with Gasteiger partial charge in [-0.25, -0.2) is 9.37 Å². The summed E-state index contributed by atoms with van der Waals surface area (Å²) < 4.78 is 25.7. The van der Waals surface area contributed by atoms with Crippen LogP contribution in [0, 0.1) is 11.8 Å². The Morgan fingerprint density at radius 3 is 2.87 bits per heavy atom. The van der Waals surface area contributed by atoms with E-state index in [1.807, 2.05) is 0 Å². The third kappa shape index (κ3) is 2.83. The molecule has 0 saturated carbocycles. The molecule has 0 aromatic carbocycles. The van der Waals surface area contributed by atoms with Crippen LogP contribution in [-0.2, 0) is 0 Å². The van der Waals surface area contributed by atoms with Gasteiger partial charge in [0.25, 0.3) is 5.91 Å². The first-order chi connectivity index (χ1) is 7.02. The highest BCUT2D eigenvalue weighted by Gasteiger charge is 2.15. The van der Waals surface area contributed by atoms with E-state index in [9.17, 15) is 13.6 Å². The van der Waals surface area contributed by atoms with Crippen LogP contribution < -0.4 is 5.32 Å². The Kier molecular flexibility index (Phi) is 3.49. The Morgan fingerprint density at radius 2 is 2.27 bits per heavy atom. The van der Waals surface area contributed by atoms with E-state index in [0.29, 0.717) is 0 Å². The molecule has 0 saturated heterocycles. The largest absolute Gasteiger partial charge is 0.348 e. The third-order valence-electron chi connectivity index (χ3n) is 1.64. The fraction of sp³-hybridized carbons (Fsp3) is 0.200. The van der Waals surface area contributed by atoms with Gasteiger partial charge in [-0.1, -0.05) is 12.2 Å². The third-order valence-corrected chi connectivity index (χ3v) is 1.64. The highest BCUT2D eigenvalue weighted by Crippen LogP contribution is 2.08. The fourth-order valence-electron chi connectivity index (χ4n) is 0.920. The second kappa shape index (κ2) is 4.63. The topological polar surface area (TPSA) is 42.0 Å². The van der Waals surface area contributed by atoms with Crippen molar-refractivity contribution < 1.29 is 13.6 Å². The molecule has 1 aromatic heterocycles. The number of hydrogen-bond donors (Lipinski definition) is 1. The van der Waals surface area contributed by atoms with E-state index in [2.05, 4.69) is 16.9 Å². The van der Waals surface area contributed by atoms with E-state index in [0.717, 1.165) is 17.8 Å². The van der Waals surface area contributed by atoms with Crippen molar-refractivity contribution in [1.29, 1.82) is 0 Å². The summed E-state index contributed by atoms with van der Waals surface area (Å²) in [5.41, 5.74) is 0.363. The summed E-state index contributed by atoms with van der Waals surface area (Å²) in [4.78, 5) is 14.4. The Hall–Kier alpha value is -1.78. The number of carbonyl (C=O) groups is 1. The van der Waals surface area contributed by atoms with Gasteiger partial charge in [-0.3, -0.25) is 4.79 Å². The van der Waals surface area contributed by atoms with Crippen LogP contribution in [0.2, 0.25) is 0 Å². The van der Waals surface area contributed by atoms with E-state index in [4.69, 9.17) is 0 Å². The summed E-state index contributed by atoms with van der Waals surface area (Å²) >= 11 is 0. The lowest BCUT2D eigenvalue weighted by molar-refractivity contribution is 0.0951. The predicted octanol–water partition coefficient (Wildman–Crippen LogP) is 1.67. The quantitative estimate of drug-likeness (QED) is 0.611. The summed E-state index contributed by atoms with van der Waals surface area (Å²) in [6.45, 7) is 5.50. The minimum absolute atomic E-state index is 0.224. The first-order valence-corrected chi connectivity index (χ1v) is 4.25. The summed E-state index contributed by atoms with van der Waals surface area (Å²) in [7, 11) is 0. The van der Waals surface area contributed by atoms with Crippen molar-refractivity contribution in [3.05, 3.63) is 41.7 Å². The van der Waals surface area contributed by atoms with E-state index in [1.54, 1.807) is 6.92 Å². The molecular weight excluding hydrogens is 202 g/mol. The Balaban J connectivity index is 2.82. The van der Waals surface area contributed by atoms with Gasteiger partial charge >= 0.3 is 0 Å². The number of nitrogens with one attached hydrogen (secondary N) is 1. The zero-order valence-corrected chi connectivity index (χ0v) is 8.18. The van der Waals surface area contributed by atoms with Crippen LogP contribution in [0.15, 0.2) is 24.4 Å². The van der Waals surface area contributed by atoms with Crippen LogP contribution in [0.3, 0.4) is 0 Å². The highest BCUT2D eigenvalue weighted by atomic mass is 19.2. The smallest absolute Gasteiger partial charge is 0.254 e. The van der Waals surface area contributed by atoms with E-state index in [1.165, 1.54) is 0 Å². The number of rotatable bonds is 3. The molecule has 0 unspecified atom stereocenters. The van der Waals surface area contributed by atoms with Gasteiger partial charge < -0.3 is 5.32 Å². The number of aromatic nitrogens is 1. The maximum Gasteiger partial charge on any atom is 0.254 e. The minimum Gasteiger partial charge on any atom is -0.348 e. The normalized spacial score (nSPS) is 9.80. The zero-order chi connectivity index (χ0) is 11.4. The van der Waals surface area contributed by atoms with Gasteiger partial charge in [0.2, 0.25) is 5.95 Å². The van der Waals surface area contributed by atoms with Crippen molar-refractivity contribution in [3.8, 4) is 0 Å². The first kappa shape index (κ1) is 11.3. The molecule has 0 radical (unpaired) electrons. The maximum atomic E-state index is 13.1. The van der Waals surface area contributed by atoms with E-state index < -0.39 is 17.7 Å². The van der Waals surface area contributed by atoms with Gasteiger partial charge in [0, 0.05) is 12.7 Å². The lowest BCUT2D eigenvalue weighted by Gasteiger charge is -2.05. The fourth-order valence-corrected chi connectivity index (χ4v) is 0.920. The number of hydrogen-bond acceptors (Lipinski definition) is 2. The molecule has 1 rings (SSSR count). The van der Waals surface area contributed by atoms with Crippen LogP contribution in [0.5, 0.6) is 0 Å². The SMILES string of the molecule is C=C(C)CNC(=O)c1ccnc(F)c1F. The van der Waals surface area contributed by atoms with E-state index in [-0.39, 0.29) is 12.1 Å². The van der Waals surface area contributed by atoms with Crippen molar-refractivity contribution >= 4 is 5.91 Å². The van der Waals surface area contributed by atoms with Gasteiger partial charge in [-0.2, -0.15) is 4.39 Å². The summed E-state index contributed by atoms with van der Waals surface area (Å²) in [6, 6.07) is 1.12. The molecule has 0 aliphatic carbocycles. The molecule has 5 heteroatoms. The van der Waals surface area contributed by atoms with Gasteiger partial charge in [0.05, 0.1) is 5.56 Å². The molecule has 0 aliphatic rings. The first-order valence-electron chi connectivity index (χ1n) is 4.25. The molecule has 1 N–H and O–H groups in total. The molecule has 15 heavy (non-hydrogen) atoms. The predicted molar refractivity (Wildman–Crippen MR) is 51.3 cm³/mol. The van der Waals surface area contributed by atoms with Crippen LogP contribution in [0.1, 0.15) is 17.3 Å². The van der Waals surface area contributed by atoms with Crippen LogP contribution in [0.4, 0.5) is 8.78 Å². The minimum atomic E-state index is -1.28.